The Morgan fingerprint density at radius 2 is 1.53 bits per heavy atom. The Balaban J connectivity index is 1.46. The van der Waals surface area contributed by atoms with Crippen molar-refractivity contribution in [3.05, 3.63) is 89.5 Å². The summed E-state index contributed by atoms with van der Waals surface area (Å²) >= 11 is 0. The van der Waals surface area contributed by atoms with E-state index in [-0.39, 0.29) is 18.2 Å². The third-order valence-electron chi connectivity index (χ3n) is 6.27. The van der Waals surface area contributed by atoms with Crippen LogP contribution in [0, 0.1) is 0 Å². The number of unbranched alkanes of at least 4 members (excludes halogenated alkanes) is 1. The van der Waals surface area contributed by atoms with Gasteiger partial charge in [-0.3, -0.25) is 14.5 Å². The highest BCUT2D eigenvalue weighted by Crippen LogP contribution is 2.38. The van der Waals surface area contributed by atoms with Crippen molar-refractivity contribution in [3.63, 3.8) is 0 Å². The van der Waals surface area contributed by atoms with Crippen LogP contribution in [0.25, 0.3) is 0 Å². The molecule has 0 bridgehead atoms. The number of nitrogens with zero attached hydrogens (tertiary/aromatic N) is 2. The first kappa shape index (κ1) is 23.7. The maximum Gasteiger partial charge on any atom is 0.257 e. The third-order valence-corrected chi connectivity index (χ3v) is 6.27. The molecule has 5 nitrogen and oxygen atoms in total. The number of carbonyl (C=O) groups excluding carboxylic acids is 2. The summed E-state index contributed by atoms with van der Waals surface area (Å²) in [4.78, 5) is 30.4. The Labute approximate surface area is 202 Å². The van der Waals surface area contributed by atoms with Gasteiger partial charge < -0.3 is 10.2 Å². The van der Waals surface area contributed by atoms with Crippen molar-refractivity contribution in [2.75, 3.05) is 30.4 Å². The summed E-state index contributed by atoms with van der Waals surface area (Å²) in [6.07, 6.45) is 4.86. The number of aryl methyl sites for hydroxylation is 1. The van der Waals surface area contributed by atoms with Crippen molar-refractivity contribution < 1.29 is 9.59 Å². The Morgan fingerprint density at radius 3 is 2.29 bits per heavy atom. The highest BCUT2D eigenvalue weighted by Gasteiger charge is 2.28. The maximum absolute atomic E-state index is 13.5. The predicted molar refractivity (Wildman–Crippen MR) is 139 cm³/mol. The first-order chi connectivity index (χ1) is 16.6. The molecule has 4 rings (SSSR count). The molecule has 2 amide bonds. The normalized spacial score (nSPS) is 12.7. The number of rotatable bonds is 9. The fourth-order valence-corrected chi connectivity index (χ4v) is 4.50. The Hall–Kier alpha value is -3.44. The predicted octanol–water partition coefficient (Wildman–Crippen LogP) is 5.82. The van der Waals surface area contributed by atoms with E-state index in [2.05, 4.69) is 48.5 Å². The number of hydrogen-bond acceptors (Lipinski definition) is 3. The van der Waals surface area contributed by atoms with Crippen molar-refractivity contribution in [1.82, 2.24) is 4.90 Å². The van der Waals surface area contributed by atoms with E-state index < -0.39 is 0 Å². The van der Waals surface area contributed by atoms with Crippen molar-refractivity contribution in [2.24, 2.45) is 0 Å². The molecule has 1 aliphatic heterocycles. The van der Waals surface area contributed by atoms with Gasteiger partial charge in [0.25, 0.3) is 5.91 Å². The molecule has 0 saturated carbocycles. The number of fused-ring (bicyclic) bond motifs is 2. The fraction of sp³-hybridized carbons (Fsp3) is 0.310. The van der Waals surface area contributed by atoms with Gasteiger partial charge in [-0.2, -0.15) is 0 Å². The molecule has 0 aliphatic carbocycles. The summed E-state index contributed by atoms with van der Waals surface area (Å²) in [5.41, 5.74) is 4.70. The van der Waals surface area contributed by atoms with Crippen LogP contribution in [0.5, 0.6) is 0 Å². The number of nitrogens with one attached hydrogen (secondary N) is 1. The van der Waals surface area contributed by atoms with E-state index in [0.717, 1.165) is 31.5 Å². The summed E-state index contributed by atoms with van der Waals surface area (Å²) in [6.45, 7) is 4.50. The quantitative estimate of drug-likeness (QED) is 0.413. The van der Waals surface area contributed by atoms with E-state index >= 15 is 0 Å². The first-order valence-electron chi connectivity index (χ1n) is 12.2. The van der Waals surface area contributed by atoms with Crippen LogP contribution in [0.15, 0.2) is 72.8 Å². The van der Waals surface area contributed by atoms with Crippen LogP contribution in [0.2, 0.25) is 0 Å². The number of amides is 2. The lowest BCUT2D eigenvalue weighted by Gasteiger charge is -2.24. The molecule has 0 spiro atoms. The number of hydrogen-bond donors (Lipinski definition) is 1. The van der Waals surface area contributed by atoms with Crippen LogP contribution < -0.4 is 10.2 Å². The molecule has 0 fully saturated rings. The second kappa shape index (κ2) is 11.1. The smallest absolute Gasteiger partial charge is 0.257 e. The van der Waals surface area contributed by atoms with E-state index in [1.165, 1.54) is 18.4 Å². The largest absolute Gasteiger partial charge is 0.320 e. The van der Waals surface area contributed by atoms with Gasteiger partial charge in [0.2, 0.25) is 5.91 Å². The molecule has 0 unspecified atom stereocenters. The SMILES string of the molecule is CCCN(C)CCCCc1ccc(CC(=O)N2c3ccccc3NC(=O)c3ccccc32)cc1. The third kappa shape index (κ3) is 5.54. The molecule has 176 valence electrons. The topological polar surface area (TPSA) is 52.7 Å². The molecule has 1 heterocycles. The van der Waals surface area contributed by atoms with Crippen LogP contribution in [0.1, 0.15) is 47.7 Å². The minimum Gasteiger partial charge on any atom is -0.320 e. The van der Waals surface area contributed by atoms with Gasteiger partial charge in [-0.05, 0) is 81.2 Å². The van der Waals surface area contributed by atoms with Gasteiger partial charge in [0.1, 0.15) is 0 Å². The molecule has 0 atom stereocenters. The first-order valence-corrected chi connectivity index (χ1v) is 12.2. The van der Waals surface area contributed by atoms with Crippen molar-refractivity contribution in [2.45, 2.75) is 39.0 Å². The van der Waals surface area contributed by atoms with Crippen molar-refractivity contribution in [1.29, 1.82) is 0 Å². The molecular formula is C29H33N3O2. The highest BCUT2D eigenvalue weighted by atomic mass is 16.2. The minimum atomic E-state index is -0.205. The van der Waals surface area contributed by atoms with E-state index in [0.29, 0.717) is 22.6 Å². The standard InChI is InChI=1S/C29H33N3O2/c1-3-19-31(2)20-9-8-10-22-15-17-23(18-16-22)21-28(33)32-26-13-6-4-11-24(26)29(34)30-25-12-5-7-14-27(25)32/h4-7,11-18H,3,8-10,19-21H2,1-2H3,(H,30,34). The van der Waals surface area contributed by atoms with Gasteiger partial charge in [0.15, 0.2) is 0 Å². The maximum atomic E-state index is 13.5. The van der Waals surface area contributed by atoms with E-state index in [1.807, 2.05) is 42.5 Å². The second-order valence-corrected chi connectivity index (χ2v) is 8.97. The Bertz CT molecular complexity index is 1140. The number of anilines is 3. The lowest BCUT2D eigenvalue weighted by molar-refractivity contribution is -0.117. The molecule has 3 aromatic rings. The van der Waals surface area contributed by atoms with Crippen molar-refractivity contribution in [3.8, 4) is 0 Å². The van der Waals surface area contributed by atoms with Crippen LogP contribution in [-0.4, -0.2) is 36.9 Å². The lowest BCUT2D eigenvalue weighted by atomic mass is 10.0. The lowest BCUT2D eigenvalue weighted by Crippen LogP contribution is -2.28. The van der Waals surface area contributed by atoms with E-state index in [1.54, 1.807) is 11.0 Å². The van der Waals surface area contributed by atoms with Crippen LogP contribution >= 0.6 is 0 Å². The average Bonchev–Trinajstić information content (AvgIpc) is 2.97. The van der Waals surface area contributed by atoms with Gasteiger partial charge in [-0.25, -0.2) is 0 Å². The van der Waals surface area contributed by atoms with Crippen LogP contribution in [0.3, 0.4) is 0 Å². The van der Waals surface area contributed by atoms with Gasteiger partial charge in [-0.15, -0.1) is 0 Å². The molecule has 0 radical (unpaired) electrons. The number of carbonyl (C=O) groups is 2. The molecule has 1 N–H and O–H groups in total. The van der Waals surface area contributed by atoms with Crippen LogP contribution in [0.4, 0.5) is 17.1 Å². The zero-order chi connectivity index (χ0) is 23.9. The van der Waals surface area contributed by atoms with Crippen LogP contribution in [-0.2, 0) is 17.6 Å². The van der Waals surface area contributed by atoms with Gasteiger partial charge in [0, 0.05) is 0 Å². The summed E-state index contributed by atoms with van der Waals surface area (Å²) in [7, 11) is 2.18. The fourth-order valence-electron chi connectivity index (χ4n) is 4.50. The molecule has 3 aromatic carbocycles. The Morgan fingerprint density at radius 1 is 0.853 bits per heavy atom. The number of benzene rings is 3. The monoisotopic (exact) mass is 455 g/mol. The van der Waals surface area contributed by atoms with E-state index in [9.17, 15) is 9.59 Å². The Kier molecular flexibility index (Phi) is 7.76. The summed E-state index contributed by atoms with van der Waals surface area (Å²) in [5.74, 6) is -0.272. The molecule has 5 heteroatoms. The van der Waals surface area contributed by atoms with Gasteiger partial charge in [0.05, 0.1) is 29.0 Å². The zero-order valence-electron chi connectivity index (χ0n) is 20.1. The molecule has 1 aliphatic rings. The van der Waals surface area contributed by atoms with Gasteiger partial charge in [-0.1, -0.05) is 55.5 Å². The van der Waals surface area contributed by atoms with Gasteiger partial charge >= 0.3 is 0 Å². The second-order valence-electron chi connectivity index (χ2n) is 8.97. The summed E-state index contributed by atoms with van der Waals surface area (Å²) < 4.78 is 0. The van der Waals surface area contributed by atoms with Crippen molar-refractivity contribution >= 4 is 28.9 Å². The summed E-state index contributed by atoms with van der Waals surface area (Å²) in [6, 6.07) is 23.1. The zero-order valence-corrected chi connectivity index (χ0v) is 20.1. The molecule has 0 aromatic heterocycles. The molecular weight excluding hydrogens is 422 g/mol. The average molecular weight is 456 g/mol. The minimum absolute atomic E-state index is 0.0666. The summed E-state index contributed by atoms with van der Waals surface area (Å²) in [5, 5.41) is 2.94. The molecule has 0 saturated heterocycles. The molecule has 34 heavy (non-hydrogen) atoms. The highest BCUT2D eigenvalue weighted by molar-refractivity contribution is 6.17. The number of para-hydroxylation sites is 3. The van der Waals surface area contributed by atoms with E-state index in [4.69, 9.17) is 0 Å².